The minimum atomic E-state index is -0.516. The lowest BCUT2D eigenvalue weighted by atomic mass is 10.1. The first-order valence-corrected chi connectivity index (χ1v) is 7.21. The van der Waals surface area contributed by atoms with Gasteiger partial charge in [0.15, 0.2) is 0 Å². The number of carbonyl (C=O) groups excluding carboxylic acids is 1. The van der Waals surface area contributed by atoms with Gasteiger partial charge in [-0.3, -0.25) is 0 Å². The highest BCUT2D eigenvalue weighted by Crippen LogP contribution is 2.21. The molecule has 0 saturated carbocycles. The number of aliphatic hydroxyl groups is 1. The average Bonchev–Trinajstić information content (AvgIpc) is 2.83. The average molecular weight is 289 g/mol. The molecule has 0 aliphatic carbocycles. The summed E-state index contributed by atoms with van der Waals surface area (Å²) in [5, 5.41) is 13.3. The summed E-state index contributed by atoms with van der Waals surface area (Å²) >= 11 is 0. The van der Waals surface area contributed by atoms with Gasteiger partial charge in [-0.25, -0.2) is 4.79 Å². The molecule has 2 aromatic rings. The molecule has 1 aromatic carbocycles. The van der Waals surface area contributed by atoms with Crippen molar-refractivity contribution < 1.29 is 9.90 Å². The molecule has 3 N–H and O–H groups in total. The molecule has 0 spiro atoms. The van der Waals surface area contributed by atoms with E-state index in [1.165, 1.54) is 21.4 Å². The van der Waals surface area contributed by atoms with Crippen molar-refractivity contribution in [1.29, 1.82) is 0 Å². The number of benzene rings is 1. The maximum Gasteiger partial charge on any atom is 0.317 e. The van der Waals surface area contributed by atoms with Crippen molar-refractivity contribution in [2.24, 2.45) is 0 Å². The van der Waals surface area contributed by atoms with Crippen LogP contribution in [-0.2, 0) is 6.42 Å². The first-order valence-electron chi connectivity index (χ1n) is 7.21. The third kappa shape index (κ3) is 3.76. The molecule has 0 aliphatic heterocycles. The van der Waals surface area contributed by atoms with Crippen molar-refractivity contribution in [2.45, 2.75) is 26.4 Å². The predicted molar refractivity (Wildman–Crippen MR) is 84.4 cm³/mol. The minimum absolute atomic E-state index is 0.160. The molecule has 0 radical (unpaired) electrons. The molecule has 1 heterocycles. The molecule has 0 bridgehead atoms. The van der Waals surface area contributed by atoms with E-state index in [0.717, 1.165) is 11.9 Å². The molecule has 5 nitrogen and oxygen atoms in total. The van der Waals surface area contributed by atoms with Crippen LogP contribution in [0.4, 0.5) is 4.79 Å². The van der Waals surface area contributed by atoms with Gasteiger partial charge in [-0.15, -0.1) is 0 Å². The number of rotatable bonds is 5. The van der Waals surface area contributed by atoms with Gasteiger partial charge in [0.2, 0.25) is 0 Å². The fourth-order valence-corrected chi connectivity index (χ4v) is 2.49. The molecule has 114 valence electrons. The number of fused-ring (bicyclic) bond motifs is 1. The normalized spacial score (nSPS) is 12.4. The summed E-state index contributed by atoms with van der Waals surface area (Å²) < 4.78 is 0. The SMILES string of the molecule is Cc1cccc2c(CCNC(=O)N(C)CC(C)O)c[nH]c12. The van der Waals surface area contributed by atoms with Gasteiger partial charge in [-0.05, 0) is 31.4 Å². The molecule has 0 saturated heterocycles. The Balaban J connectivity index is 1.91. The van der Waals surface area contributed by atoms with Crippen molar-refractivity contribution in [2.75, 3.05) is 20.1 Å². The number of aliphatic hydroxyl groups excluding tert-OH is 1. The number of urea groups is 1. The number of carbonyl (C=O) groups is 1. The quantitative estimate of drug-likeness (QED) is 0.788. The number of para-hydroxylation sites is 1. The molecule has 2 rings (SSSR count). The second-order valence-corrected chi connectivity index (χ2v) is 5.52. The molecule has 2 amide bonds. The Morgan fingerprint density at radius 1 is 1.48 bits per heavy atom. The van der Waals surface area contributed by atoms with Crippen LogP contribution in [0, 0.1) is 6.92 Å². The van der Waals surface area contributed by atoms with Gasteiger partial charge in [-0.2, -0.15) is 0 Å². The van der Waals surface area contributed by atoms with Gasteiger partial charge in [0.05, 0.1) is 6.10 Å². The third-order valence-corrected chi connectivity index (χ3v) is 3.56. The summed E-state index contributed by atoms with van der Waals surface area (Å²) in [5.74, 6) is 0. The Bertz CT molecular complexity index is 619. The Hall–Kier alpha value is -2.01. The van der Waals surface area contributed by atoms with Gasteiger partial charge in [0.1, 0.15) is 0 Å². The van der Waals surface area contributed by atoms with Crippen LogP contribution in [0.25, 0.3) is 10.9 Å². The van der Waals surface area contributed by atoms with Crippen LogP contribution in [0.5, 0.6) is 0 Å². The zero-order valence-corrected chi connectivity index (χ0v) is 12.8. The number of hydrogen-bond acceptors (Lipinski definition) is 2. The number of nitrogens with one attached hydrogen (secondary N) is 2. The molecular formula is C16H23N3O2. The van der Waals surface area contributed by atoms with Crippen molar-refractivity contribution in [3.8, 4) is 0 Å². The number of nitrogens with zero attached hydrogens (tertiary/aromatic N) is 1. The fourth-order valence-electron chi connectivity index (χ4n) is 2.49. The number of aryl methyl sites for hydroxylation is 1. The van der Waals surface area contributed by atoms with Crippen LogP contribution >= 0.6 is 0 Å². The largest absolute Gasteiger partial charge is 0.392 e. The van der Waals surface area contributed by atoms with Crippen LogP contribution < -0.4 is 5.32 Å². The number of likely N-dealkylation sites (N-methyl/N-ethyl adjacent to an activating group) is 1. The van der Waals surface area contributed by atoms with Crippen molar-refractivity contribution >= 4 is 16.9 Å². The molecule has 0 aliphatic rings. The maximum absolute atomic E-state index is 11.8. The number of H-pyrrole nitrogens is 1. The minimum Gasteiger partial charge on any atom is -0.392 e. The van der Waals surface area contributed by atoms with E-state index in [0.29, 0.717) is 13.1 Å². The predicted octanol–water partition coefficient (Wildman–Crippen LogP) is 2.04. The summed E-state index contributed by atoms with van der Waals surface area (Å²) in [4.78, 5) is 16.6. The van der Waals surface area contributed by atoms with E-state index in [2.05, 4.69) is 29.4 Å². The van der Waals surface area contributed by atoms with Crippen LogP contribution in [0.2, 0.25) is 0 Å². The third-order valence-electron chi connectivity index (χ3n) is 3.56. The summed E-state index contributed by atoms with van der Waals surface area (Å²) in [5.41, 5.74) is 3.58. The van der Waals surface area contributed by atoms with Gasteiger partial charge < -0.3 is 20.3 Å². The Kier molecular flexibility index (Phi) is 4.85. The number of amides is 2. The molecule has 21 heavy (non-hydrogen) atoms. The second-order valence-electron chi connectivity index (χ2n) is 5.52. The lowest BCUT2D eigenvalue weighted by Crippen LogP contribution is -2.41. The highest BCUT2D eigenvalue weighted by atomic mass is 16.3. The topological polar surface area (TPSA) is 68.4 Å². The van der Waals surface area contributed by atoms with E-state index in [4.69, 9.17) is 0 Å². The van der Waals surface area contributed by atoms with Gasteiger partial charge in [0.25, 0.3) is 0 Å². The standard InChI is InChI=1S/C16H23N3O2/c1-11-5-4-6-14-13(9-18-15(11)14)7-8-17-16(21)19(3)10-12(2)20/h4-6,9,12,18,20H,7-8,10H2,1-3H3,(H,17,21). The number of aromatic nitrogens is 1. The summed E-state index contributed by atoms with van der Waals surface area (Å²) in [7, 11) is 1.68. The van der Waals surface area contributed by atoms with E-state index in [9.17, 15) is 9.90 Å². The number of aromatic amines is 1. The van der Waals surface area contributed by atoms with Gasteiger partial charge in [0, 0.05) is 37.2 Å². The van der Waals surface area contributed by atoms with Crippen LogP contribution in [0.15, 0.2) is 24.4 Å². The monoisotopic (exact) mass is 289 g/mol. The van der Waals surface area contributed by atoms with E-state index >= 15 is 0 Å². The summed E-state index contributed by atoms with van der Waals surface area (Å²) in [6, 6.07) is 6.06. The van der Waals surface area contributed by atoms with Crippen molar-refractivity contribution in [3.05, 3.63) is 35.5 Å². The lowest BCUT2D eigenvalue weighted by molar-refractivity contribution is 0.144. The van der Waals surface area contributed by atoms with Crippen LogP contribution in [0.3, 0.4) is 0 Å². The molecule has 1 atom stereocenters. The summed E-state index contributed by atoms with van der Waals surface area (Å²) in [6.45, 7) is 4.65. The zero-order chi connectivity index (χ0) is 15.4. The molecule has 1 unspecified atom stereocenters. The maximum atomic E-state index is 11.8. The Morgan fingerprint density at radius 2 is 2.24 bits per heavy atom. The number of hydrogen-bond donors (Lipinski definition) is 3. The zero-order valence-electron chi connectivity index (χ0n) is 12.8. The molecule has 1 aromatic heterocycles. The van der Waals surface area contributed by atoms with E-state index in [1.807, 2.05) is 12.3 Å². The van der Waals surface area contributed by atoms with E-state index in [-0.39, 0.29) is 6.03 Å². The van der Waals surface area contributed by atoms with Crippen molar-refractivity contribution in [3.63, 3.8) is 0 Å². The fraction of sp³-hybridized carbons (Fsp3) is 0.438. The van der Waals surface area contributed by atoms with E-state index < -0.39 is 6.10 Å². The Labute approximate surface area is 125 Å². The smallest absolute Gasteiger partial charge is 0.317 e. The van der Waals surface area contributed by atoms with Gasteiger partial charge in [-0.1, -0.05) is 18.2 Å². The first-order chi connectivity index (χ1) is 9.99. The first kappa shape index (κ1) is 15.4. The molecular weight excluding hydrogens is 266 g/mol. The molecule has 5 heteroatoms. The molecule has 0 fully saturated rings. The van der Waals surface area contributed by atoms with E-state index in [1.54, 1.807) is 14.0 Å². The second kappa shape index (κ2) is 6.63. The highest BCUT2D eigenvalue weighted by Gasteiger charge is 2.10. The van der Waals surface area contributed by atoms with Gasteiger partial charge >= 0.3 is 6.03 Å². The van der Waals surface area contributed by atoms with Crippen LogP contribution in [-0.4, -0.2) is 47.3 Å². The summed E-state index contributed by atoms with van der Waals surface area (Å²) in [6.07, 6.45) is 2.26. The Morgan fingerprint density at radius 3 is 2.95 bits per heavy atom. The van der Waals surface area contributed by atoms with Crippen LogP contribution in [0.1, 0.15) is 18.1 Å². The lowest BCUT2D eigenvalue weighted by Gasteiger charge is -2.19. The van der Waals surface area contributed by atoms with Crippen molar-refractivity contribution in [1.82, 2.24) is 15.2 Å². The highest BCUT2D eigenvalue weighted by molar-refractivity contribution is 5.85.